The zero-order valence-corrected chi connectivity index (χ0v) is 15.2. The molecule has 3 aromatic rings. The van der Waals surface area contributed by atoms with Crippen molar-refractivity contribution < 1.29 is 14.4 Å². The number of methoxy groups -OCH3 is 1. The molecule has 0 aliphatic rings. The highest BCUT2D eigenvalue weighted by Crippen LogP contribution is 2.36. The number of nitro groups is 1. The fraction of sp³-hybridized carbons (Fsp3) is 0.278. The minimum Gasteiger partial charge on any atom is -0.431 e. The first-order chi connectivity index (χ1) is 13.0. The molecule has 0 spiro atoms. The Bertz CT molecular complexity index is 979. The van der Waals surface area contributed by atoms with Crippen LogP contribution in [0, 0.1) is 17.0 Å². The molecule has 0 saturated carbocycles. The van der Waals surface area contributed by atoms with E-state index >= 15 is 0 Å². The first kappa shape index (κ1) is 18.5. The lowest BCUT2D eigenvalue weighted by atomic mass is 10.2. The number of nitrogens with one attached hydrogen (secondary N) is 1. The van der Waals surface area contributed by atoms with Crippen LogP contribution in [0.25, 0.3) is 10.9 Å². The minimum atomic E-state index is -0.568. The number of fused-ring (bicyclic) bond motifs is 1. The quantitative estimate of drug-likeness (QED) is 0.497. The maximum Gasteiger partial charge on any atom is 0.373 e. The van der Waals surface area contributed by atoms with Gasteiger partial charge in [-0.1, -0.05) is 18.2 Å². The Morgan fingerprint density at radius 3 is 2.81 bits per heavy atom. The monoisotopic (exact) mass is 369 g/mol. The first-order valence-electron chi connectivity index (χ1n) is 8.28. The molecule has 1 atom stereocenters. The lowest BCUT2D eigenvalue weighted by molar-refractivity contribution is -0.385. The van der Waals surface area contributed by atoms with Gasteiger partial charge in [-0.2, -0.15) is 4.98 Å². The van der Waals surface area contributed by atoms with Crippen molar-refractivity contribution in [1.82, 2.24) is 15.0 Å². The van der Waals surface area contributed by atoms with Crippen LogP contribution in [-0.2, 0) is 4.74 Å². The van der Waals surface area contributed by atoms with Crippen molar-refractivity contribution in [1.29, 1.82) is 0 Å². The molecule has 140 valence electrons. The van der Waals surface area contributed by atoms with Crippen LogP contribution in [0.2, 0.25) is 0 Å². The van der Waals surface area contributed by atoms with Crippen molar-refractivity contribution in [3.8, 4) is 11.6 Å². The molecule has 0 amide bonds. The summed E-state index contributed by atoms with van der Waals surface area (Å²) in [6, 6.07) is 9.00. The largest absolute Gasteiger partial charge is 0.431 e. The number of nitrogens with zero attached hydrogens (tertiary/aromatic N) is 4. The van der Waals surface area contributed by atoms with Gasteiger partial charge in [0.25, 0.3) is 0 Å². The molecule has 2 aromatic heterocycles. The normalized spacial score (nSPS) is 12.0. The zero-order chi connectivity index (χ0) is 19.4. The van der Waals surface area contributed by atoms with Crippen molar-refractivity contribution in [3.63, 3.8) is 0 Å². The summed E-state index contributed by atoms with van der Waals surface area (Å²) in [4.78, 5) is 23.5. The fourth-order valence-electron chi connectivity index (χ4n) is 2.64. The van der Waals surface area contributed by atoms with Gasteiger partial charge in [-0.25, -0.2) is 9.97 Å². The summed E-state index contributed by atoms with van der Waals surface area (Å²) in [5, 5.41) is 15.5. The molecule has 1 N–H and O–H groups in total. The molecular formula is C18H19N5O4. The maximum absolute atomic E-state index is 11.6. The Kier molecular flexibility index (Phi) is 5.41. The number of rotatable bonds is 7. The van der Waals surface area contributed by atoms with Crippen LogP contribution in [0.3, 0.4) is 0 Å². The third-order valence-electron chi connectivity index (χ3n) is 3.80. The highest BCUT2D eigenvalue weighted by molar-refractivity contribution is 5.85. The number of benzene rings is 1. The third kappa shape index (κ3) is 4.09. The Morgan fingerprint density at radius 2 is 2.07 bits per heavy atom. The molecule has 9 heteroatoms. The van der Waals surface area contributed by atoms with E-state index in [1.165, 1.54) is 6.33 Å². The molecule has 0 aliphatic heterocycles. The van der Waals surface area contributed by atoms with E-state index in [1.54, 1.807) is 19.2 Å². The lowest BCUT2D eigenvalue weighted by Gasteiger charge is -2.14. The van der Waals surface area contributed by atoms with Gasteiger partial charge < -0.3 is 14.8 Å². The molecular weight excluding hydrogens is 350 g/mol. The summed E-state index contributed by atoms with van der Waals surface area (Å²) >= 11 is 0. The molecule has 0 bridgehead atoms. The molecule has 0 aliphatic carbocycles. The summed E-state index contributed by atoms with van der Waals surface area (Å²) < 4.78 is 10.8. The van der Waals surface area contributed by atoms with E-state index in [0.717, 1.165) is 11.1 Å². The molecule has 27 heavy (non-hydrogen) atoms. The molecule has 1 unspecified atom stereocenters. The molecule has 1 aromatic carbocycles. The standard InChI is InChI=1S/C18H19N5O4/c1-11-7-8-13-5-4-6-14(15(13)21-11)27-18-16(23(24)25)17(19-10-20-18)22-12(2)9-26-3/h4-8,10,12H,9H2,1-3H3,(H,19,20,22). The van der Waals surface area contributed by atoms with E-state index in [2.05, 4.69) is 20.3 Å². The Balaban J connectivity index is 2.02. The Labute approximate surface area is 155 Å². The van der Waals surface area contributed by atoms with Gasteiger partial charge in [-0.05, 0) is 26.0 Å². The van der Waals surface area contributed by atoms with Gasteiger partial charge in [0, 0.05) is 24.2 Å². The predicted octanol–water partition coefficient (Wildman–Crippen LogP) is 3.48. The van der Waals surface area contributed by atoms with Crippen molar-refractivity contribution >= 4 is 22.4 Å². The van der Waals surface area contributed by atoms with E-state index in [-0.39, 0.29) is 23.4 Å². The van der Waals surface area contributed by atoms with Crippen molar-refractivity contribution in [3.05, 3.63) is 52.5 Å². The number of hydrogen-bond donors (Lipinski definition) is 1. The van der Waals surface area contributed by atoms with Gasteiger partial charge in [0.1, 0.15) is 11.8 Å². The van der Waals surface area contributed by atoms with Crippen molar-refractivity contribution in [2.75, 3.05) is 19.0 Å². The Hall–Kier alpha value is -3.33. The summed E-state index contributed by atoms with van der Waals surface area (Å²) in [6.07, 6.45) is 1.22. The molecule has 2 heterocycles. The van der Waals surface area contributed by atoms with Gasteiger partial charge in [-0.3, -0.25) is 10.1 Å². The minimum absolute atomic E-state index is 0.0685. The summed E-state index contributed by atoms with van der Waals surface area (Å²) in [6.45, 7) is 4.06. The number of aromatic nitrogens is 3. The zero-order valence-electron chi connectivity index (χ0n) is 15.2. The molecule has 0 fully saturated rings. The molecule has 0 radical (unpaired) electrons. The number of ether oxygens (including phenoxy) is 2. The summed E-state index contributed by atoms with van der Waals surface area (Å²) in [5.74, 6) is 0.297. The second-order valence-electron chi connectivity index (χ2n) is 6.02. The van der Waals surface area contributed by atoms with Gasteiger partial charge in [0.05, 0.1) is 11.5 Å². The van der Waals surface area contributed by atoms with E-state index in [9.17, 15) is 10.1 Å². The maximum atomic E-state index is 11.6. The fourth-order valence-corrected chi connectivity index (χ4v) is 2.64. The Morgan fingerprint density at radius 1 is 1.26 bits per heavy atom. The number of para-hydroxylation sites is 1. The summed E-state index contributed by atoms with van der Waals surface area (Å²) in [5.41, 5.74) is 1.07. The average molecular weight is 369 g/mol. The average Bonchev–Trinajstić information content (AvgIpc) is 2.62. The highest BCUT2D eigenvalue weighted by Gasteiger charge is 2.26. The van der Waals surface area contributed by atoms with E-state index in [1.807, 2.05) is 32.0 Å². The highest BCUT2D eigenvalue weighted by atomic mass is 16.6. The number of aryl methyl sites for hydroxylation is 1. The van der Waals surface area contributed by atoms with Gasteiger partial charge in [0.15, 0.2) is 5.75 Å². The van der Waals surface area contributed by atoms with Crippen LogP contribution in [-0.4, -0.2) is 39.6 Å². The SMILES string of the molecule is COCC(C)Nc1ncnc(Oc2cccc3ccc(C)nc23)c1[N+](=O)[O-]. The van der Waals surface area contributed by atoms with E-state index in [0.29, 0.717) is 17.9 Å². The van der Waals surface area contributed by atoms with Crippen molar-refractivity contribution in [2.45, 2.75) is 19.9 Å². The smallest absolute Gasteiger partial charge is 0.373 e. The van der Waals surface area contributed by atoms with Crippen LogP contribution < -0.4 is 10.1 Å². The third-order valence-corrected chi connectivity index (χ3v) is 3.80. The van der Waals surface area contributed by atoms with E-state index < -0.39 is 4.92 Å². The molecule has 3 rings (SSSR count). The number of anilines is 1. The summed E-state index contributed by atoms with van der Waals surface area (Å²) in [7, 11) is 1.55. The molecule has 9 nitrogen and oxygen atoms in total. The van der Waals surface area contributed by atoms with Crippen LogP contribution in [0.5, 0.6) is 11.6 Å². The second kappa shape index (κ2) is 7.92. The number of hydrogen-bond acceptors (Lipinski definition) is 8. The van der Waals surface area contributed by atoms with Crippen LogP contribution in [0.15, 0.2) is 36.7 Å². The lowest BCUT2D eigenvalue weighted by Crippen LogP contribution is -2.22. The number of pyridine rings is 1. The molecule has 0 saturated heterocycles. The predicted molar refractivity (Wildman–Crippen MR) is 100 cm³/mol. The first-order valence-corrected chi connectivity index (χ1v) is 8.28. The second-order valence-corrected chi connectivity index (χ2v) is 6.02. The topological polar surface area (TPSA) is 112 Å². The van der Waals surface area contributed by atoms with Crippen LogP contribution >= 0.6 is 0 Å². The van der Waals surface area contributed by atoms with Gasteiger partial charge in [-0.15, -0.1) is 0 Å². The van der Waals surface area contributed by atoms with E-state index in [4.69, 9.17) is 9.47 Å². The van der Waals surface area contributed by atoms with Crippen LogP contribution in [0.4, 0.5) is 11.5 Å². The van der Waals surface area contributed by atoms with Crippen LogP contribution in [0.1, 0.15) is 12.6 Å². The van der Waals surface area contributed by atoms with Gasteiger partial charge in [0.2, 0.25) is 5.82 Å². The van der Waals surface area contributed by atoms with Crippen molar-refractivity contribution in [2.24, 2.45) is 0 Å². The van der Waals surface area contributed by atoms with Gasteiger partial charge >= 0.3 is 11.6 Å².